The van der Waals surface area contributed by atoms with Crippen LogP contribution in [0.2, 0.25) is 0 Å². The summed E-state index contributed by atoms with van der Waals surface area (Å²) in [5, 5.41) is 0. The molecule has 2 rings (SSSR count). The molecule has 132 valence electrons. The molecule has 0 aliphatic heterocycles. The van der Waals surface area contributed by atoms with Gasteiger partial charge in [-0.05, 0) is 48.5 Å². The largest absolute Gasteiger partial charge is 0.457 e. The zero-order valence-corrected chi connectivity index (χ0v) is 15.8. The van der Waals surface area contributed by atoms with Gasteiger partial charge >= 0.3 is 0 Å². The summed E-state index contributed by atoms with van der Waals surface area (Å²) in [5.74, 6) is 1.51. The van der Waals surface area contributed by atoms with Crippen molar-refractivity contribution in [3.05, 3.63) is 59.7 Å². The Morgan fingerprint density at radius 2 is 0.880 bits per heavy atom. The molecule has 3 heteroatoms. The number of rotatable bonds is 4. The fourth-order valence-corrected chi connectivity index (χ4v) is 2.35. The Hall–Kier alpha value is -2.42. The Bertz CT molecular complexity index is 687. The minimum atomic E-state index is -0.405. The highest BCUT2D eigenvalue weighted by Gasteiger charge is 2.23. The van der Waals surface area contributed by atoms with E-state index >= 15 is 0 Å². The zero-order valence-electron chi connectivity index (χ0n) is 15.8. The van der Waals surface area contributed by atoms with Crippen LogP contribution in [0.1, 0.15) is 62.3 Å². The number of carbonyl (C=O) groups is 2. The van der Waals surface area contributed by atoms with E-state index in [0.717, 1.165) is 0 Å². The molecule has 0 saturated heterocycles. The second-order valence-corrected chi connectivity index (χ2v) is 8.31. The van der Waals surface area contributed by atoms with Gasteiger partial charge in [0, 0.05) is 22.0 Å². The van der Waals surface area contributed by atoms with Gasteiger partial charge in [0.2, 0.25) is 0 Å². The lowest BCUT2D eigenvalue weighted by atomic mass is 9.86. The lowest BCUT2D eigenvalue weighted by molar-refractivity contribution is 0.0852. The van der Waals surface area contributed by atoms with Gasteiger partial charge in [-0.1, -0.05) is 41.5 Å². The molecule has 0 aromatic heterocycles. The first-order valence-electron chi connectivity index (χ1n) is 8.46. The predicted octanol–water partition coefficient (Wildman–Crippen LogP) is 5.94. The molecular weight excluding hydrogens is 312 g/mol. The van der Waals surface area contributed by atoms with Crippen LogP contribution in [0.5, 0.6) is 11.5 Å². The quantitative estimate of drug-likeness (QED) is 0.648. The maximum atomic E-state index is 12.2. The summed E-state index contributed by atoms with van der Waals surface area (Å²) in [6, 6.07) is 14.3. The van der Waals surface area contributed by atoms with Gasteiger partial charge in [0.25, 0.3) is 0 Å². The predicted molar refractivity (Wildman–Crippen MR) is 101 cm³/mol. The molecular formula is C22H26O3. The lowest BCUT2D eigenvalue weighted by Crippen LogP contribution is -2.20. The Morgan fingerprint density at radius 3 is 1.12 bits per heavy atom. The van der Waals surface area contributed by atoms with Crippen LogP contribution in [0.15, 0.2) is 48.5 Å². The molecule has 0 bridgehead atoms. The normalized spacial score (nSPS) is 11.9. The zero-order chi connectivity index (χ0) is 18.8. The first kappa shape index (κ1) is 18.9. The molecule has 0 saturated carbocycles. The molecule has 0 radical (unpaired) electrons. The molecule has 0 atom stereocenters. The Kier molecular flexibility index (Phi) is 5.17. The number of carbonyl (C=O) groups excluding carboxylic acids is 2. The van der Waals surface area contributed by atoms with Crippen LogP contribution in [0.25, 0.3) is 0 Å². The van der Waals surface area contributed by atoms with Crippen LogP contribution in [-0.2, 0) is 0 Å². The summed E-state index contributed by atoms with van der Waals surface area (Å²) in [5.41, 5.74) is 0.534. The first-order chi connectivity index (χ1) is 11.5. The van der Waals surface area contributed by atoms with Gasteiger partial charge in [-0.15, -0.1) is 0 Å². The van der Waals surface area contributed by atoms with Gasteiger partial charge in [0.15, 0.2) is 11.6 Å². The van der Waals surface area contributed by atoms with Crippen molar-refractivity contribution in [3.63, 3.8) is 0 Å². The fraction of sp³-hybridized carbons (Fsp3) is 0.364. The third-order valence-electron chi connectivity index (χ3n) is 3.83. The van der Waals surface area contributed by atoms with Crippen LogP contribution in [0, 0.1) is 10.8 Å². The van der Waals surface area contributed by atoms with Gasteiger partial charge in [0.05, 0.1) is 0 Å². The summed E-state index contributed by atoms with van der Waals surface area (Å²) in [6.07, 6.45) is 0. The maximum Gasteiger partial charge on any atom is 0.168 e. The van der Waals surface area contributed by atoms with Crippen molar-refractivity contribution in [2.45, 2.75) is 41.5 Å². The lowest BCUT2D eigenvalue weighted by Gasteiger charge is -2.17. The molecule has 25 heavy (non-hydrogen) atoms. The average molecular weight is 338 g/mol. The molecule has 0 spiro atoms. The monoisotopic (exact) mass is 338 g/mol. The van der Waals surface area contributed by atoms with E-state index in [9.17, 15) is 9.59 Å². The van der Waals surface area contributed by atoms with Crippen molar-refractivity contribution in [1.82, 2.24) is 0 Å². The molecule has 0 unspecified atom stereocenters. The van der Waals surface area contributed by atoms with Crippen molar-refractivity contribution < 1.29 is 14.3 Å². The number of hydrogen-bond donors (Lipinski definition) is 0. The molecule has 0 aliphatic carbocycles. The highest BCUT2D eigenvalue weighted by molar-refractivity contribution is 6.00. The van der Waals surface area contributed by atoms with E-state index in [1.165, 1.54) is 0 Å². The average Bonchev–Trinajstić information content (AvgIpc) is 2.53. The van der Waals surface area contributed by atoms with E-state index in [-0.39, 0.29) is 11.6 Å². The van der Waals surface area contributed by atoms with E-state index in [4.69, 9.17) is 4.74 Å². The van der Waals surface area contributed by atoms with Crippen molar-refractivity contribution in [3.8, 4) is 11.5 Å². The fourth-order valence-electron chi connectivity index (χ4n) is 2.35. The number of Topliss-reactive ketones (excluding diaryl/α,β-unsaturated/α-hetero) is 2. The minimum absolute atomic E-state index is 0.101. The maximum absolute atomic E-state index is 12.2. The van der Waals surface area contributed by atoms with Gasteiger partial charge in [-0.3, -0.25) is 9.59 Å². The van der Waals surface area contributed by atoms with Crippen LogP contribution in [-0.4, -0.2) is 11.6 Å². The smallest absolute Gasteiger partial charge is 0.168 e. The van der Waals surface area contributed by atoms with Crippen molar-refractivity contribution in [2.75, 3.05) is 0 Å². The SMILES string of the molecule is CC(C)(C)C(=O)c1ccc(Oc2ccc(C(=O)C(C)(C)C)cc2)cc1. The second kappa shape index (κ2) is 6.83. The Labute approximate surface area is 150 Å². The Balaban J connectivity index is 2.10. The van der Waals surface area contributed by atoms with E-state index < -0.39 is 10.8 Å². The summed E-state index contributed by atoms with van der Waals surface area (Å²) in [6.45, 7) is 11.4. The van der Waals surface area contributed by atoms with E-state index in [1.807, 2.05) is 41.5 Å². The molecule has 3 nitrogen and oxygen atoms in total. The van der Waals surface area contributed by atoms with Crippen LogP contribution < -0.4 is 4.74 Å². The molecule has 0 aliphatic rings. The van der Waals surface area contributed by atoms with E-state index in [1.54, 1.807) is 48.5 Å². The van der Waals surface area contributed by atoms with Crippen molar-refractivity contribution in [1.29, 1.82) is 0 Å². The molecule has 0 N–H and O–H groups in total. The van der Waals surface area contributed by atoms with E-state index in [0.29, 0.717) is 22.6 Å². The van der Waals surface area contributed by atoms with Crippen LogP contribution >= 0.6 is 0 Å². The van der Waals surface area contributed by atoms with Crippen molar-refractivity contribution in [2.24, 2.45) is 10.8 Å². The number of ketones is 2. The molecule has 0 amide bonds. The minimum Gasteiger partial charge on any atom is -0.457 e. The summed E-state index contributed by atoms with van der Waals surface area (Å²) in [7, 11) is 0. The number of ether oxygens (including phenoxy) is 1. The van der Waals surface area contributed by atoms with Crippen LogP contribution in [0.4, 0.5) is 0 Å². The highest BCUT2D eigenvalue weighted by Crippen LogP contribution is 2.27. The number of hydrogen-bond acceptors (Lipinski definition) is 3. The molecule has 2 aromatic carbocycles. The highest BCUT2D eigenvalue weighted by atomic mass is 16.5. The molecule has 2 aromatic rings. The van der Waals surface area contributed by atoms with Crippen molar-refractivity contribution >= 4 is 11.6 Å². The first-order valence-corrected chi connectivity index (χ1v) is 8.46. The molecule has 0 fully saturated rings. The van der Waals surface area contributed by atoms with Crippen LogP contribution in [0.3, 0.4) is 0 Å². The molecule has 0 heterocycles. The summed E-state index contributed by atoms with van der Waals surface area (Å²) in [4.78, 5) is 24.5. The van der Waals surface area contributed by atoms with Gasteiger partial charge in [0.1, 0.15) is 11.5 Å². The topological polar surface area (TPSA) is 43.4 Å². The third kappa shape index (κ3) is 4.79. The summed E-state index contributed by atoms with van der Waals surface area (Å²) >= 11 is 0. The standard InChI is InChI=1S/C22H26O3/c1-21(2,3)19(23)15-7-11-17(12-8-15)25-18-13-9-16(10-14-18)20(24)22(4,5)6/h7-14H,1-6H3. The van der Waals surface area contributed by atoms with Gasteiger partial charge in [-0.25, -0.2) is 0 Å². The van der Waals surface area contributed by atoms with Gasteiger partial charge < -0.3 is 4.74 Å². The third-order valence-corrected chi connectivity index (χ3v) is 3.83. The summed E-state index contributed by atoms with van der Waals surface area (Å²) < 4.78 is 5.80. The second-order valence-electron chi connectivity index (χ2n) is 8.31. The van der Waals surface area contributed by atoms with Gasteiger partial charge in [-0.2, -0.15) is 0 Å². The number of benzene rings is 2. The van der Waals surface area contributed by atoms with E-state index in [2.05, 4.69) is 0 Å². The Morgan fingerprint density at radius 1 is 0.600 bits per heavy atom.